The molecule has 0 bridgehead atoms. The van der Waals surface area contributed by atoms with Crippen LogP contribution in [0.1, 0.15) is 11.1 Å². The predicted octanol–water partition coefficient (Wildman–Crippen LogP) is 5.01. The van der Waals surface area contributed by atoms with E-state index in [1.165, 1.54) is 5.56 Å². The van der Waals surface area contributed by atoms with Crippen molar-refractivity contribution in [3.05, 3.63) is 83.8 Å². The molecule has 0 amide bonds. The molecule has 0 spiro atoms. The molecule has 3 aromatic carbocycles. The van der Waals surface area contributed by atoms with Gasteiger partial charge < -0.3 is 9.47 Å². The number of hydrogen-bond donors (Lipinski definition) is 0. The Labute approximate surface area is 127 Å². The van der Waals surface area contributed by atoms with Gasteiger partial charge in [0.25, 0.3) is 5.95 Å². The van der Waals surface area contributed by atoms with Crippen LogP contribution in [0.15, 0.2) is 72.7 Å². The third-order valence-electron chi connectivity index (χ3n) is 4.14. The van der Waals surface area contributed by atoms with Crippen LogP contribution in [0.5, 0.6) is 11.5 Å². The van der Waals surface area contributed by atoms with E-state index in [2.05, 4.69) is 36.4 Å². The lowest BCUT2D eigenvalue weighted by Crippen LogP contribution is -1.98. The fourth-order valence-corrected chi connectivity index (χ4v) is 3.06. The third-order valence-corrected chi connectivity index (χ3v) is 4.14. The van der Waals surface area contributed by atoms with Crippen LogP contribution in [0.25, 0.3) is 22.4 Å². The van der Waals surface area contributed by atoms with E-state index < -0.39 is 0 Å². The van der Waals surface area contributed by atoms with Gasteiger partial charge in [0.2, 0.25) is 0 Å². The molecule has 0 saturated carbocycles. The fourth-order valence-electron chi connectivity index (χ4n) is 3.06. The molecule has 104 valence electrons. The monoisotopic (exact) mass is 284 g/mol. The second-order valence-electron chi connectivity index (χ2n) is 5.44. The lowest BCUT2D eigenvalue weighted by molar-refractivity contribution is 0.292. The molecule has 0 N–H and O–H groups in total. The Morgan fingerprint density at radius 3 is 2.55 bits per heavy atom. The van der Waals surface area contributed by atoms with Gasteiger partial charge in [-0.05, 0) is 28.7 Å². The summed E-state index contributed by atoms with van der Waals surface area (Å²) in [7, 11) is 0. The molecule has 1 aliphatic carbocycles. The van der Waals surface area contributed by atoms with Gasteiger partial charge in [0.15, 0.2) is 11.5 Å². The molecular weight excluding hydrogens is 272 g/mol. The normalized spacial score (nSPS) is 18.0. The highest BCUT2D eigenvalue weighted by Crippen LogP contribution is 2.45. The van der Waals surface area contributed by atoms with Crippen LogP contribution in [0.3, 0.4) is 0 Å². The van der Waals surface area contributed by atoms with E-state index in [-0.39, 0.29) is 0 Å². The molecule has 0 aromatic heterocycles. The first-order chi connectivity index (χ1) is 10.9. The summed E-state index contributed by atoms with van der Waals surface area (Å²) >= 11 is 0. The van der Waals surface area contributed by atoms with Crippen molar-refractivity contribution in [2.24, 2.45) is 0 Å². The van der Waals surface area contributed by atoms with Crippen molar-refractivity contribution in [1.29, 1.82) is 0 Å². The van der Waals surface area contributed by atoms with E-state index in [4.69, 9.17) is 9.47 Å². The number of hydrogen-bond acceptors (Lipinski definition) is 2. The molecule has 2 nitrogen and oxygen atoms in total. The average Bonchev–Trinajstić information content (AvgIpc) is 3.18. The minimum Gasteiger partial charge on any atom is -0.422 e. The summed E-state index contributed by atoms with van der Waals surface area (Å²) in [5.74, 6) is 2.14. The summed E-state index contributed by atoms with van der Waals surface area (Å²) < 4.78 is 12.0. The van der Waals surface area contributed by atoms with Crippen LogP contribution in [0, 0.1) is 0 Å². The smallest absolute Gasteiger partial charge is 0.298 e. The molecule has 0 atom stereocenters. The third kappa shape index (κ3) is 1.55. The van der Waals surface area contributed by atoms with Gasteiger partial charge in [-0.25, -0.2) is 0 Å². The van der Waals surface area contributed by atoms with Gasteiger partial charge in [0, 0.05) is 5.39 Å². The van der Waals surface area contributed by atoms with E-state index in [0.29, 0.717) is 5.95 Å². The zero-order chi connectivity index (χ0) is 14.5. The van der Waals surface area contributed by atoms with Crippen LogP contribution in [0.4, 0.5) is 0 Å². The molecule has 0 saturated heterocycles. The summed E-state index contributed by atoms with van der Waals surface area (Å²) in [5.41, 5.74) is 3.34. The van der Waals surface area contributed by atoms with Crippen molar-refractivity contribution in [3.63, 3.8) is 0 Å². The number of allylic oxidation sites excluding steroid dienone is 2. The van der Waals surface area contributed by atoms with Gasteiger partial charge >= 0.3 is 0 Å². The van der Waals surface area contributed by atoms with Crippen LogP contribution < -0.4 is 9.47 Å². The predicted molar refractivity (Wildman–Crippen MR) is 87.6 cm³/mol. The van der Waals surface area contributed by atoms with Gasteiger partial charge in [-0.3, -0.25) is 0 Å². The average molecular weight is 284 g/mol. The van der Waals surface area contributed by atoms with Gasteiger partial charge in [-0.2, -0.15) is 0 Å². The topological polar surface area (TPSA) is 18.5 Å². The van der Waals surface area contributed by atoms with Crippen molar-refractivity contribution in [2.45, 2.75) is 0 Å². The maximum atomic E-state index is 6.07. The lowest BCUT2D eigenvalue weighted by Gasteiger charge is -2.04. The molecule has 1 aliphatic heterocycles. The van der Waals surface area contributed by atoms with Crippen molar-refractivity contribution in [3.8, 4) is 11.5 Å². The highest BCUT2D eigenvalue weighted by molar-refractivity contribution is 5.94. The first kappa shape index (κ1) is 11.6. The summed E-state index contributed by atoms with van der Waals surface area (Å²) in [4.78, 5) is 0. The van der Waals surface area contributed by atoms with E-state index in [9.17, 15) is 0 Å². The molecule has 2 aliphatic rings. The van der Waals surface area contributed by atoms with Crippen molar-refractivity contribution in [2.75, 3.05) is 0 Å². The molecule has 0 fully saturated rings. The number of benzene rings is 3. The van der Waals surface area contributed by atoms with Crippen molar-refractivity contribution >= 4 is 22.4 Å². The van der Waals surface area contributed by atoms with Crippen molar-refractivity contribution in [1.82, 2.24) is 0 Å². The zero-order valence-corrected chi connectivity index (χ0v) is 11.7. The molecule has 1 heterocycles. The highest BCUT2D eigenvalue weighted by atomic mass is 16.7. The maximum absolute atomic E-state index is 6.07. The molecule has 2 heteroatoms. The van der Waals surface area contributed by atoms with E-state index >= 15 is 0 Å². The summed E-state index contributed by atoms with van der Waals surface area (Å²) in [6.07, 6.45) is 4.14. The second-order valence-corrected chi connectivity index (χ2v) is 5.44. The quantitative estimate of drug-likeness (QED) is 0.578. The lowest BCUT2D eigenvalue weighted by atomic mass is 10.1. The SMILES string of the molecule is C1=Cc2ccccc2C1=C1Oc2ccc3ccccc3c2O1. The molecule has 3 aromatic rings. The highest BCUT2D eigenvalue weighted by Gasteiger charge is 2.26. The minimum absolute atomic E-state index is 0.563. The number of ether oxygens (including phenoxy) is 2. The van der Waals surface area contributed by atoms with Crippen LogP contribution in [-0.2, 0) is 0 Å². The Hall–Kier alpha value is -3.00. The van der Waals surface area contributed by atoms with Gasteiger partial charge in [-0.1, -0.05) is 60.7 Å². The van der Waals surface area contributed by atoms with E-state index in [1.54, 1.807) is 0 Å². The van der Waals surface area contributed by atoms with E-state index in [0.717, 1.165) is 33.4 Å². The molecule has 0 unspecified atom stereocenters. The van der Waals surface area contributed by atoms with Gasteiger partial charge in [0.1, 0.15) is 0 Å². The maximum Gasteiger partial charge on any atom is 0.298 e. The van der Waals surface area contributed by atoms with Crippen molar-refractivity contribution < 1.29 is 9.47 Å². The van der Waals surface area contributed by atoms with Crippen LogP contribution in [-0.4, -0.2) is 0 Å². The Bertz CT molecular complexity index is 980. The Kier molecular flexibility index (Phi) is 2.25. The zero-order valence-electron chi connectivity index (χ0n) is 11.7. The first-order valence-electron chi connectivity index (χ1n) is 7.29. The number of fused-ring (bicyclic) bond motifs is 4. The summed E-state index contributed by atoms with van der Waals surface area (Å²) in [6.45, 7) is 0. The van der Waals surface area contributed by atoms with E-state index in [1.807, 2.05) is 36.4 Å². The molecule has 22 heavy (non-hydrogen) atoms. The number of rotatable bonds is 0. The van der Waals surface area contributed by atoms with Crippen LogP contribution in [0.2, 0.25) is 0 Å². The summed E-state index contributed by atoms with van der Waals surface area (Å²) in [5, 5.41) is 2.23. The molecule has 0 radical (unpaired) electrons. The minimum atomic E-state index is 0.563. The standard InChI is InChI=1S/C20H12O2/c1-3-7-15-13(5-1)9-11-17(15)20-21-18-12-10-14-6-2-4-8-16(14)19(18)22-20/h1-12H. The largest absolute Gasteiger partial charge is 0.422 e. The second kappa shape index (κ2) is 4.25. The summed E-state index contributed by atoms with van der Waals surface area (Å²) in [6, 6.07) is 20.5. The Balaban J connectivity index is 1.68. The van der Waals surface area contributed by atoms with Gasteiger partial charge in [0.05, 0.1) is 5.57 Å². The Morgan fingerprint density at radius 1 is 0.682 bits per heavy atom. The molecule has 5 rings (SSSR count). The first-order valence-corrected chi connectivity index (χ1v) is 7.29. The van der Waals surface area contributed by atoms with Crippen LogP contribution >= 0.6 is 0 Å². The van der Waals surface area contributed by atoms with Gasteiger partial charge in [-0.15, -0.1) is 0 Å². The Morgan fingerprint density at radius 2 is 1.55 bits per heavy atom. The fraction of sp³-hybridized carbons (Fsp3) is 0. The molecular formula is C20H12O2.